The quantitative estimate of drug-likeness (QED) is 0.554. The Bertz CT molecular complexity index is 773. The van der Waals surface area contributed by atoms with E-state index in [9.17, 15) is 19.7 Å². The summed E-state index contributed by atoms with van der Waals surface area (Å²) in [6.07, 6.45) is 0.704. The SMILES string of the molecule is Cc1sc(C(=O)NC(CCC(=O)O)Cc2ccccc2)cc1[N+](=O)[O-]. The van der Waals surface area contributed by atoms with Crippen molar-refractivity contribution in [3.05, 3.63) is 61.8 Å². The highest BCUT2D eigenvalue weighted by Gasteiger charge is 2.22. The number of thiophene rings is 1. The molecule has 1 heterocycles. The third kappa shape index (κ3) is 5.39. The van der Waals surface area contributed by atoms with Crippen LogP contribution in [0.15, 0.2) is 36.4 Å². The molecule has 0 aliphatic heterocycles. The third-order valence-electron chi connectivity index (χ3n) is 3.68. The van der Waals surface area contributed by atoms with Crippen molar-refractivity contribution >= 4 is 28.9 Å². The molecule has 0 spiro atoms. The lowest BCUT2D eigenvalue weighted by molar-refractivity contribution is -0.385. The second-order valence-corrected chi connectivity index (χ2v) is 6.86. The second-order valence-electron chi connectivity index (χ2n) is 5.60. The van der Waals surface area contributed by atoms with Gasteiger partial charge >= 0.3 is 5.97 Å². The Kier molecular flexibility index (Phi) is 6.24. The van der Waals surface area contributed by atoms with Gasteiger partial charge in [-0.25, -0.2) is 0 Å². The molecule has 0 aliphatic carbocycles. The molecule has 1 amide bonds. The van der Waals surface area contributed by atoms with Crippen LogP contribution in [0.3, 0.4) is 0 Å². The summed E-state index contributed by atoms with van der Waals surface area (Å²) >= 11 is 1.05. The molecule has 1 aromatic carbocycles. The van der Waals surface area contributed by atoms with E-state index in [0.29, 0.717) is 11.3 Å². The largest absolute Gasteiger partial charge is 0.481 e. The fourth-order valence-corrected chi connectivity index (χ4v) is 3.33. The number of carbonyl (C=O) groups excluding carboxylic acids is 1. The number of nitrogens with zero attached hydrogens (tertiary/aromatic N) is 1. The van der Waals surface area contributed by atoms with E-state index >= 15 is 0 Å². The van der Waals surface area contributed by atoms with Gasteiger partial charge in [-0.05, 0) is 25.3 Å². The second kappa shape index (κ2) is 8.39. The molecular formula is C17H18N2O5S. The Hall–Kier alpha value is -2.74. The summed E-state index contributed by atoms with van der Waals surface area (Å²) in [5, 5.41) is 22.6. The number of benzene rings is 1. The minimum atomic E-state index is -0.935. The number of aliphatic carboxylic acids is 1. The molecule has 1 unspecified atom stereocenters. The number of amides is 1. The predicted molar refractivity (Wildman–Crippen MR) is 94.0 cm³/mol. The molecule has 25 heavy (non-hydrogen) atoms. The zero-order chi connectivity index (χ0) is 18.4. The number of carboxylic acid groups (broad SMARTS) is 1. The summed E-state index contributed by atoms with van der Waals surface area (Å²) < 4.78 is 0. The van der Waals surface area contributed by atoms with E-state index in [0.717, 1.165) is 16.9 Å². The zero-order valence-corrected chi connectivity index (χ0v) is 14.4. The van der Waals surface area contributed by atoms with E-state index in [1.807, 2.05) is 30.3 Å². The summed E-state index contributed by atoms with van der Waals surface area (Å²) in [6.45, 7) is 1.59. The topological polar surface area (TPSA) is 110 Å². The maximum absolute atomic E-state index is 12.4. The number of nitro groups is 1. The van der Waals surface area contributed by atoms with Crippen molar-refractivity contribution < 1.29 is 19.6 Å². The maximum Gasteiger partial charge on any atom is 0.303 e. The van der Waals surface area contributed by atoms with Crippen LogP contribution in [0.5, 0.6) is 0 Å². The van der Waals surface area contributed by atoms with Crippen molar-refractivity contribution in [2.75, 3.05) is 0 Å². The minimum Gasteiger partial charge on any atom is -0.481 e. The molecule has 1 atom stereocenters. The maximum atomic E-state index is 12.4. The van der Waals surface area contributed by atoms with Crippen molar-refractivity contribution in [3.63, 3.8) is 0 Å². The van der Waals surface area contributed by atoms with Gasteiger partial charge in [0.05, 0.1) is 14.7 Å². The van der Waals surface area contributed by atoms with Gasteiger partial charge in [-0.1, -0.05) is 30.3 Å². The van der Waals surface area contributed by atoms with Crippen molar-refractivity contribution in [1.29, 1.82) is 0 Å². The Morgan fingerprint density at radius 2 is 2.00 bits per heavy atom. The Morgan fingerprint density at radius 1 is 1.32 bits per heavy atom. The lowest BCUT2D eigenvalue weighted by Gasteiger charge is -2.17. The van der Waals surface area contributed by atoms with E-state index in [1.54, 1.807) is 6.92 Å². The van der Waals surface area contributed by atoms with Gasteiger partial charge in [0, 0.05) is 18.5 Å². The van der Waals surface area contributed by atoms with E-state index in [4.69, 9.17) is 5.11 Å². The Morgan fingerprint density at radius 3 is 2.56 bits per heavy atom. The number of carbonyl (C=O) groups is 2. The third-order valence-corrected chi connectivity index (χ3v) is 4.72. The van der Waals surface area contributed by atoms with Crippen LogP contribution in [0.4, 0.5) is 5.69 Å². The molecule has 0 saturated carbocycles. The van der Waals surface area contributed by atoms with Gasteiger partial charge in [-0.3, -0.25) is 19.7 Å². The summed E-state index contributed by atoms with van der Waals surface area (Å²) in [5.41, 5.74) is 0.895. The van der Waals surface area contributed by atoms with Crippen LogP contribution in [0.1, 0.15) is 33.0 Å². The number of aryl methyl sites for hydroxylation is 1. The standard InChI is InChI=1S/C17H18N2O5S/c1-11-14(19(23)24)10-15(25-11)17(22)18-13(7-8-16(20)21)9-12-5-3-2-4-6-12/h2-6,10,13H,7-9H2,1H3,(H,18,22)(H,20,21). The average Bonchev–Trinajstić information content (AvgIpc) is 2.96. The smallest absolute Gasteiger partial charge is 0.303 e. The highest BCUT2D eigenvalue weighted by Crippen LogP contribution is 2.28. The zero-order valence-electron chi connectivity index (χ0n) is 13.6. The number of carboxylic acids is 1. The van der Waals surface area contributed by atoms with E-state index < -0.39 is 16.8 Å². The van der Waals surface area contributed by atoms with Crippen LogP contribution >= 0.6 is 11.3 Å². The molecule has 0 aliphatic rings. The van der Waals surface area contributed by atoms with Crippen LogP contribution in [0, 0.1) is 17.0 Å². The van der Waals surface area contributed by atoms with Crippen LogP contribution in [0.2, 0.25) is 0 Å². The number of rotatable bonds is 8. The Labute approximate surface area is 148 Å². The number of hydrogen-bond donors (Lipinski definition) is 2. The fraction of sp³-hybridized carbons (Fsp3) is 0.294. The molecular weight excluding hydrogens is 344 g/mol. The highest BCUT2D eigenvalue weighted by atomic mass is 32.1. The van der Waals surface area contributed by atoms with Gasteiger partial charge in [0.1, 0.15) is 0 Å². The molecule has 1 aromatic heterocycles. The summed E-state index contributed by atoms with van der Waals surface area (Å²) in [4.78, 5) is 34.4. The monoisotopic (exact) mass is 362 g/mol. The van der Waals surface area contributed by atoms with Gasteiger partial charge in [0.15, 0.2) is 0 Å². The summed E-state index contributed by atoms with van der Waals surface area (Å²) in [6, 6.07) is 10.3. The molecule has 7 nitrogen and oxygen atoms in total. The summed E-state index contributed by atoms with van der Waals surface area (Å²) in [7, 11) is 0. The normalized spacial score (nSPS) is 11.7. The number of nitrogens with one attached hydrogen (secondary N) is 1. The van der Waals surface area contributed by atoms with Crippen LogP contribution < -0.4 is 5.32 Å². The molecule has 2 rings (SSSR count). The lowest BCUT2D eigenvalue weighted by atomic mass is 10.0. The molecule has 2 N–H and O–H groups in total. The first-order valence-corrected chi connectivity index (χ1v) is 8.50. The lowest BCUT2D eigenvalue weighted by Crippen LogP contribution is -2.36. The highest BCUT2D eigenvalue weighted by molar-refractivity contribution is 7.14. The molecule has 0 fully saturated rings. The van der Waals surface area contributed by atoms with Gasteiger partial charge in [0.25, 0.3) is 11.6 Å². The van der Waals surface area contributed by atoms with Crippen LogP contribution in [-0.4, -0.2) is 27.9 Å². The van der Waals surface area contributed by atoms with E-state index in [2.05, 4.69) is 5.32 Å². The first-order valence-electron chi connectivity index (χ1n) is 7.68. The van der Waals surface area contributed by atoms with Gasteiger partial charge in [-0.15, -0.1) is 11.3 Å². The molecule has 0 bridgehead atoms. The molecule has 0 saturated heterocycles. The summed E-state index contributed by atoms with van der Waals surface area (Å²) in [5.74, 6) is -1.36. The minimum absolute atomic E-state index is 0.0681. The van der Waals surface area contributed by atoms with Crippen molar-refractivity contribution in [2.45, 2.75) is 32.2 Å². The molecule has 8 heteroatoms. The predicted octanol–water partition coefficient (Wildman–Crippen LogP) is 3.17. The molecule has 0 radical (unpaired) electrons. The van der Waals surface area contributed by atoms with E-state index in [1.165, 1.54) is 6.07 Å². The van der Waals surface area contributed by atoms with Gasteiger partial charge in [0.2, 0.25) is 0 Å². The molecule has 2 aromatic rings. The van der Waals surface area contributed by atoms with Crippen molar-refractivity contribution in [1.82, 2.24) is 5.32 Å². The first kappa shape index (κ1) is 18.6. The van der Waals surface area contributed by atoms with E-state index in [-0.39, 0.29) is 29.4 Å². The van der Waals surface area contributed by atoms with Gasteiger partial charge in [-0.2, -0.15) is 0 Å². The first-order chi connectivity index (χ1) is 11.9. The average molecular weight is 362 g/mol. The van der Waals surface area contributed by atoms with Crippen LogP contribution in [0.25, 0.3) is 0 Å². The van der Waals surface area contributed by atoms with Crippen molar-refractivity contribution in [2.24, 2.45) is 0 Å². The number of hydrogen-bond acceptors (Lipinski definition) is 5. The van der Waals surface area contributed by atoms with Gasteiger partial charge < -0.3 is 10.4 Å². The Balaban J connectivity index is 2.11. The van der Waals surface area contributed by atoms with Crippen LogP contribution in [-0.2, 0) is 11.2 Å². The van der Waals surface area contributed by atoms with Crippen molar-refractivity contribution in [3.8, 4) is 0 Å². The fourth-order valence-electron chi connectivity index (χ4n) is 2.44. The molecule has 132 valence electrons.